The smallest absolute Gasteiger partial charge is 0.129 e. The van der Waals surface area contributed by atoms with Crippen molar-refractivity contribution < 1.29 is 9.13 Å². The summed E-state index contributed by atoms with van der Waals surface area (Å²) in [5.74, 6) is -0.162. The molecule has 0 bridgehead atoms. The number of rotatable bonds is 5. The van der Waals surface area contributed by atoms with Gasteiger partial charge in [0.2, 0.25) is 0 Å². The molecule has 2 rings (SSSR count). The fourth-order valence-corrected chi connectivity index (χ4v) is 2.70. The summed E-state index contributed by atoms with van der Waals surface area (Å²) >= 11 is 3.27. The van der Waals surface area contributed by atoms with E-state index < -0.39 is 0 Å². The maximum Gasteiger partial charge on any atom is 0.129 e. The third-order valence-electron chi connectivity index (χ3n) is 3.41. The van der Waals surface area contributed by atoms with Crippen LogP contribution in [0.15, 0.2) is 22.7 Å². The number of benzene rings is 1. The minimum absolute atomic E-state index is 0.0330. The molecule has 1 aromatic carbocycles. The van der Waals surface area contributed by atoms with Crippen molar-refractivity contribution in [2.75, 3.05) is 6.61 Å². The summed E-state index contributed by atoms with van der Waals surface area (Å²) in [7, 11) is 0. The van der Waals surface area contributed by atoms with E-state index in [9.17, 15) is 4.39 Å². The average molecular weight is 316 g/mol. The zero-order valence-corrected chi connectivity index (χ0v) is 12.3. The van der Waals surface area contributed by atoms with Crippen LogP contribution in [0, 0.1) is 5.82 Å². The minimum Gasteiger partial charge on any atom is -0.378 e. The molecule has 1 unspecified atom stereocenters. The first-order valence-electron chi connectivity index (χ1n) is 6.42. The van der Waals surface area contributed by atoms with Crippen LogP contribution >= 0.6 is 15.9 Å². The predicted octanol–water partition coefficient (Wildman–Crippen LogP) is 3.81. The molecule has 1 fully saturated rings. The van der Waals surface area contributed by atoms with Gasteiger partial charge in [-0.15, -0.1) is 0 Å². The lowest BCUT2D eigenvalue weighted by Crippen LogP contribution is -2.46. The van der Waals surface area contributed by atoms with Crippen LogP contribution in [-0.4, -0.2) is 18.8 Å². The van der Waals surface area contributed by atoms with Gasteiger partial charge in [0.1, 0.15) is 5.82 Å². The Hall–Kier alpha value is -0.450. The summed E-state index contributed by atoms with van der Waals surface area (Å²) in [4.78, 5) is 0. The zero-order chi connectivity index (χ0) is 13.1. The van der Waals surface area contributed by atoms with Crippen LogP contribution in [0.1, 0.15) is 38.3 Å². The molecule has 4 heteroatoms. The minimum atomic E-state index is -0.162. The second-order valence-corrected chi connectivity index (χ2v) is 5.72. The summed E-state index contributed by atoms with van der Waals surface area (Å²) in [6.45, 7) is 4.79. The molecule has 2 nitrogen and oxygen atoms in total. The van der Waals surface area contributed by atoms with E-state index in [2.05, 4.69) is 21.2 Å². The quantitative estimate of drug-likeness (QED) is 0.892. The highest BCUT2D eigenvalue weighted by atomic mass is 79.9. The molecular weight excluding hydrogens is 297 g/mol. The van der Waals surface area contributed by atoms with E-state index in [1.54, 1.807) is 0 Å². The van der Waals surface area contributed by atoms with Crippen LogP contribution < -0.4 is 5.32 Å². The van der Waals surface area contributed by atoms with Gasteiger partial charge in [-0.25, -0.2) is 4.39 Å². The Kier molecular flexibility index (Phi) is 4.76. The highest BCUT2D eigenvalue weighted by molar-refractivity contribution is 9.10. The third-order valence-corrected chi connectivity index (χ3v) is 3.91. The average Bonchev–Trinajstić information content (AvgIpc) is 2.26. The van der Waals surface area contributed by atoms with Crippen molar-refractivity contribution in [2.24, 2.45) is 0 Å². The van der Waals surface area contributed by atoms with Gasteiger partial charge in [0.15, 0.2) is 0 Å². The van der Waals surface area contributed by atoms with Crippen LogP contribution in [-0.2, 0) is 4.74 Å². The normalized spacial score (nSPS) is 24.7. The van der Waals surface area contributed by atoms with E-state index in [-0.39, 0.29) is 11.9 Å². The van der Waals surface area contributed by atoms with Crippen molar-refractivity contribution in [3.05, 3.63) is 34.1 Å². The number of halogens is 2. The first-order valence-corrected chi connectivity index (χ1v) is 7.22. The second kappa shape index (κ2) is 6.13. The Morgan fingerprint density at radius 2 is 2.22 bits per heavy atom. The number of hydrogen-bond acceptors (Lipinski definition) is 2. The predicted molar refractivity (Wildman–Crippen MR) is 74.1 cm³/mol. The van der Waals surface area contributed by atoms with E-state index in [0.29, 0.717) is 12.1 Å². The zero-order valence-electron chi connectivity index (χ0n) is 10.7. The van der Waals surface area contributed by atoms with Gasteiger partial charge in [-0.05, 0) is 38.8 Å². The molecule has 1 aliphatic rings. The van der Waals surface area contributed by atoms with Crippen LogP contribution in [0.25, 0.3) is 0 Å². The first-order chi connectivity index (χ1) is 8.60. The molecule has 0 saturated heterocycles. The molecule has 1 N–H and O–H groups in total. The fraction of sp³-hybridized carbons (Fsp3) is 0.571. The van der Waals surface area contributed by atoms with Crippen molar-refractivity contribution >= 4 is 15.9 Å². The largest absolute Gasteiger partial charge is 0.378 e. The van der Waals surface area contributed by atoms with E-state index in [1.165, 1.54) is 6.07 Å². The molecule has 0 aromatic heterocycles. The Morgan fingerprint density at radius 3 is 2.83 bits per heavy atom. The van der Waals surface area contributed by atoms with Crippen molar-refractivity contribution in [1.82, 2.24) is 5.32 Å². The Balaban J connectivity index is 1.87. The molecule has 1 aromatic rings. The van der Waals surface area contributed by atoms with Gasteiger partial charge < -0.3 is 10.1 Å². The number of ether oxygens (including phenoxy) is 1. The molecule has 0 heterocycles. The van der Waals surface area contributed by atoms with Crippen LogP contribution in [0.5, 0.6) is 0 Å². The summed E-state index contributed by atoms with van der Waals surface area (Å²) in [6.07, 6.45) is 2.43. The molecule has 1 atom stereocenters. The van der Waals surface area contributed by atoms with Gasteiger partial charge in [0.25, 0.3) is 0 Å². The molecular formula is C14H19BrFNO. The third kappa shape index (κ3) is 3.31. The monoisotopic (exact) mass is 315 g/mol. The first kappa shape index (κ1) is 14.0. The van der Waals surface area contributed by atoms with Crippen molar-refractivity contribution in [1.29, 1.82) is 0 Å². The van der Waals surface area contributed by atoms with Crippen LogP contribution in [0.4, 0.5) is 4.39 Å². The lowest BCUT2D eigenvalue weighted by molar-refractivity contribution is -0.0120. The molecule has 100 valence electrons. The summed E-state index contributed by atoms with van der Waals surface area (Å²) in [6, 6.07) is 5.69. The van der Waals surface area contributed by atoms with Crippen molar-refractivity contribution in [2.45, 2.75) is 44.9 Å². The number of hydrogen-bond donors (Lipinski definition) is 1. The maximum absolute atomic E-state index is 13.8. The van der Waals surface area contributed by atoms with E-state index in [0.717, 1.165) is 29.5 Å². The maximum atomic E-state index is 13.8. The van der Waals surface area contributed by atoms with Crippen LogP contribution in [0.2, 0.25) is 0 Å². The van der Waals surface area contributed by atoms with Gasteiger partial charge in [-0.3, -0.25) is 0 Å². The topological polar surface area (TPSA) is 21.3 Å². The molecule has 0 amide bonds. The Bertz CT molecular complexity index is 407. The molecule has 0 radical (unpaired) electrons. The molecule has 18 heavy (non-hydrogen) atoms. The van der Waals surface area contributed by atoms with E-state index in [4.69, 9.17) is 4.74 Å². The number of nitrogens with one attached hydrogen (secondary N) is 1. The Labute approximate surface area is 116 Å². The van der Waals surface area contributed by atoms with Gasteiger partial charge in [-0.2, -0.15) is 0 Å². The van der Waals surface area contributed by atoms with Crippen molar-refractivity contribution in [3.8, 4) is 0 Å². The summed E-state index contributed by atoms with van der Waals surface area (Å²) in [5.41, 5.74) is 0.720. The van der Waals surface area contributed by atoms with Gasteiger partial charge >= 0.3 is 0 Å². The van der Waals surface area contributed by atoms with Crippen LogP contribution in [0.3, 0.4) is 0 Å². The lowest BCUT2D eigenvalue weighted by atomic mass is 9.88. The lowest BCUT2D eigenvalue weighted by Gasteiger charge is -2.37. The van der Waals surface area contributed by atoms with Gasteiger partial charge in [-0.1, -0.05) is 22.0 Å². The SMILES string of the molecule is CCOC1CC(NC(C)c2ccc(Br)cc2F)C1. The highest BCUT2D eigenvalue weighted by Crippen LogP contribution is 2.27. The molecule has 0 aliphatic heterocycles. The van der Waals surface area contributed by atoms with E-state index >= 15 is 0 Å². The van der Waals surface area contributed by atoms with E-state index in [1.807, 2.05) is 26.0 Å². The fourth-order valence-electron chi connectivity index (χ4n) is 2.37. The van der Waals surface area contributed by atoms with Gasteiger partial charge in [0.05, 0.1) is 6.10 Å². The summed E-state index contributed by atoms with van der Waals surface area (Å²) < 4.78 is 20.1. The van der Waals surface area contributed by atoms with Crippen molar-refractivity contribution in [3.63, 3.8) is 0 Å². The molecule has 1 saturated carbocycles. The highest BCUT2D eigenvalue weighted by Gasteiger charge is 2.30. The summed E-state index contributed by atoms with van der Waals surface area (Å²) in [5, 5.41) is 3.45. The second-order valence-electron chi connectivity index (χ2n) is 4.80. The standard InChI is InChI=1S/C14H19BrFNO/c1-3-18-12-7-11(8-12)17-9(2)13-5-4-10(15)6-14(13)16/h4-6,9,11-12,17H,3,7-8H2,1-2H3. The Morgan fingerprint density at radius 1 is 1.50 bits per heavy atom. The van der Waals surface area contributed by atoms with Gasteiger partial charge in [0, 0.05) is 28.7 Å². The molecule has 0 spiro atoms. The molecule has 1 aliphatic carbocycles.